The summed E-state index contributed by atoms with van der Waals surface area (Å²) in [5.74, 6) is -0.324. The Balaban J connectivity index is 2.71. The normalized spacial score (nSPS) is 11.2. The second kappa shape index (κ2) is 5.55. The van der Waals surface area contributed by atoms with Crippen molar-refractivity contribution in [2.24, 2.45) is 16.5 Å². The maximum atomic E-state index is 11.6. The van der Waals surface area contributed by atoms with E-state index in [4.69, 9.17) is 16.2 Å². The van der Waals surface area contributed by atoms with Gasteiger partial charge in [0.15, 0.2) is 12.0 Å². The van der Waals surface area contributed by atoms with Crippen molar-refractivity contribution in [3.8, 4) is 5.75 Å². The highest BCUT2D eigenvalue weighted by Crippen LogP contribution is 2.10. The number of guanidine groups is 1. The van der Waals surface area contributed by atoms with Gasteiger partial charge in [0, 0.05) is 0 Å². The van der Waals surface area contributed by atoms with E-state index in [1.807, 2.05) is 6.07 Å². The molecule has 0 aliphatic rings. The van der Waals surface area contributed by atoms with Crippen molar-refractivity contribution in [1.29, 1.82) is 0 Å². The number of para-hydroxylation sites is 1. The molecule has 0 saturated carbocycles. The van der Waals surface area contributed by atoms with Crippen molar-refractivity contribution >= 4 is 11.9 Å². The van der Waals surface area contributed by atoms with Crippen LogP contribution >= 0.6 is 0 Å². The monoisotopic (exact) mass is 219 g/mol. The number of aliphatic imine (C=N–C) groups is 1. The van der Waals surface area contributed by atoms with Crippen LogP contribution in [0.3, 0.4) is 0 Å². The molecule has 0 aromatic heterocycles. The fraction of sp³-hybridized carbons (Fsp3) is 0.0909. The van der Waals surface area contributed by atoms with Gasteiger partial charge in [-0.1, -0.05) is 24.3 Å². The summed E-state index contributed by atoms with van der Waals surface area (Å²) < 4.78 is 5.04. The van der Waals surface area contributed by atoms with Crippen LogP contribution in [0.25, 0.3) is 0 Å². The molecule has 4 N–H and O–H groups in total. The molecule has 0 radical (unpaired) electrons. The summed E-state index contributed by atoms with van der Waals surface area (Å²) in [6.45, 7) is 3.46. The molecule has 0 aliphatic carbocycles. The number of carbonyl (C=O) groups excluding carboxylic acids is 1. The minimum Gasteiger partial charge on any atom is -0.425 e. The third-order valence-corrected chi connectivity index (χ3v) is 1.71. The number of benzene rings is 1. The third-order valence-electron chi connectivity index (χ3n) is 1.71. The van der Waals surface area contributed by atoms with Gasteiger partial charge < -0.3 is 16.2 Å². The SMILES string of the molecule is C=CC(N=C(N)N)C(=O)Oc1ccccc1. The van der Waals surface area contributed by atoms with Crippen LogP contribution in [0.5, 0.6) is 5.75 Å². The molecule has 1 aromatic carbocycles. The molecule has 0 spiro atoms. The van der Waals surface area contributed by atoms with E-state index in [0.717, 1.165) is 0 Å². The van der Waals surface area contributed by atoms with Crippen LogP contribution in [0.2, 0.25) is 0 Å². The van der Waals surface area contributed by atoms with Gasteiger partial charge in [0.1, 0.15) is 5.75 Å². The van der Waals surface area contributed by atoms with Gasteiger partial charge in [0.2, 0.25) is 0 Å². The zero-order valence-corrected chi connectivity index (χ0v) is 8.67. The molecule has 5 nitrogen and oxygen atoms in total. The standard InChI is InChI=1S/C11H13N3O2/c1-2-9(14-11(12)13)10(15)16-8-6-4-3-5-7-8/h2-7,9H,1H2,(H4,12,13,14). The molecule has 1 aromatic rings. The second-order valence-electron chi connectivity index (χ2n) is 2.97. The number of hydrogen-bond donors (Lipinski definition) is 2. The Morgan fingerprint density at radius 2 is 2.00 bits per heavy atom. The lowest BCUT2D eigenvalue weighted by Gasteiger charge is -2.07. The summed E-state index contributed by atoms with van der Waals surface area (Å²) in [5, 5.41) is 0. The van der Waals surface area contributed by atoms with E-state index in [-0.39, 0.29) is 5.96 Å². The molecule has 0 heterocycles. The van der Waals surface area contributed by atoms with Crippen molar-refractivity contribution in [2.75, 3.05) is 0 Å². The third kappa shape index (κ3) is 3.45. The Morgan fingerprint density at radius 1 is 1.38 bits per heavy atom. The Labute approximate surface area is 93.4 Å². The first kappa shape index (κ1) is 11.8. The fourth-order valence-electron chi connectivity index (χ4n) is 1.03. The number of ether oxygens (including phenoxy) is 1. The first-order valence-electron chi connectivity index (χ1n) is 4.61. The summed E-state index contributed by atoms with van der Waals surface area (Å²) >= 11 is 0. The minimum atomic E-state index is -0.884. The Morgan fingerprint density at radius 3 is 2.50 bits per heavy atom. The van der Waals surface area contributed by atoms with E-state index in [0.29, 0.717) is 5.75 Å². The molecule has 0 aliphatic heterocycles. The number of rotatable bonds is 4. The van der Waals surface area contributed by atoms with Crippen LogP contribution in [0.15, 0.2) is 48.0 Å². The second-order valence-corrected chi connectivity index (χ2v) is 2.97. The Kier molecular flexibility index (Phi) is 4.08. The molecule has 1 atom stereocenters. The highest BCUT2D eigenvalue weighted by atomic mass is 16.5. The fourth-order valence-corrected chi connectivity index (χ4v) is 1.03. The highest BCUT2D eigenvalue weighted by Gasteiger charge is 2.16. The van der Waals surface area contributed by atoms with Gasteiger partial charge in [-0.05, 0) is 12.1 Å². The Bertz CT molecular complexity index is 397. The summed E-state index contributed by atoms with van der Waals surface area (Å²) in [7, 11) is 0. The number of carbonyl (C=O) groups is 1. The molecule has 0 amide bonds. The van der Waals surface area contributed by atoms with Crippen molar-refractivity contribution < 1.29 is 9.53 Å². The average molecular weight is 219 g/mol. The average Bonchev–Trinajstić information content (AvgIpc) is 2.26. The first-order chi connectivity index (χ1) is 7.63. The lowest BCUT2D eigenvalue weighted by Crippen LogP contribution is -2.30. The van der Waals surface area contributed by atoms with Gasteiger partial charge in [-0.15, -0.1) is 6.58 Å². The predicted molar refractivity (Wildman–Crippen MR) is 61.9 cm³/mol. The molecular weight excluding hydrogens is 206 g/mol. The predicted octanol–water partition coefficient (Wildman–Crippen LogP) is 0.420. The zero-order valence-electron chi connectivity index (χ0n) is 8.67. The quantitative estimate of drug-likeness (QED) is 0.252. The molecular formula is C11H13N3O2. The van der Waals surface area contributed by atoms with E-state index in [9.17, 15) is 4.79 Å². The van der Waals surface area contributed by atoms with Gasteiger partial charge in [0.05, 0.1) is 0 Å². The van der Waals surface area contributed by atoms with Crippen LogP contribution in [0.1, 0.15) is 0 Å². The van der Waals surface area contributed by atoms with Gasteiger partial charge >= 0.3 is 5.97 Å². The molecule has 84 valence electrons. The van der Waals surface area contributed by atoms with Crippen molar-refractivity contribution in [1.82, 2.24) is 0 Å². The van der Waals surface area contributed by atoms with Gasteiger partial charge in [0.25, 0.3) is 0 Å². The summed E-state index contributed by atoms with van der Waals surface area (Å²) in [5.41, 5.74) is 10.3. The van der Waals surface area contributed by atoms with Crippen LogP contribution in [-0.4, -0.2) is 18.0 Å². The maximum Gasteiger partial charge on any atom is 0.340 e. The molecule has 0 saturated heterocycles. The number of esters is 1. The largest absolute Gasteiger partial charge is 0.425 e. The van der Waals surface area contributed by atoms with Crippen LogP contribution in [-0.2, 0) is 4.79 Å². The van der Waals surface area contributed by atoms with Crippen LogP contribution in [0.4, 0.5) is 0 Å². The molecule has 1 unspecified atom stereocenters. The summed E-state index contributed by atoms with van der Waals surface area (Å²) in [4.78, 5) is 15.2. The maximum absolute atomic E-state index is 11.6. The molecule has 16 heavy (non-hydrogen) atoms. The van der Waals surface area contributed by atoms with E-state index in [1.165, 1.54) is 6.08 Å². The number of hydrogen-bond acceptors (Lipinski definition) is 3. The molecule has 0 bridgehead atoms. The minimum absolute atomic E-state index is 0.185. The van der Waals surface area contributed by atoms with Gasteiger partial charge in [-0.25, -0.2) is 9.79 Å². The van der Waals surface area contributed by atoms with E-state index in [1.54, 1.807) is 24.3 Å². The van der Waals surface area contributed by atoms with Crippen LogP contribution < -0.4 is 16.2 Å². The van der Waals surface area contributed by atoms with E-state index < -0.39 is 12.0 Å². The highest BCUT2D eigenvalue weighted by molar-refractivity contribution is 5.85. The van der Waals surface area contributed by atoms with Crippen LogP contribution in [0, 0.1) is 0 Å². The smallest absolute Gasteiger partial charge is 0.340 e. The van der Waals surface area contributed by atoms with Crippen molar-refractivity contribution in [3.05, 3.63) is 43.0 Å². The summed E-state index contributed by atoms with van der Waals surface area (Å²) in [6.07, 6.45) is 1.31. The lowest BCUT2D eigenvalue weighted by molar-refractivity contribution is -0.134. The molecule has 5 heteroatoms. The molecule has 0 fully saturated rings. The summed E-state index contributed by atoms with van der Waals surface area (Å²) in [6, 6.07) is 7.77. The van der Waals surface area contributed by atoms with Gasteiger partial charge in [-0.2, -0.15) is 0 Å². The zero-order chi connectivity index (χ0) is 12.0. The lowest BCUT2D eigenvalue weighted by atomic mass is 10.3. The van der Waals surface area contributed by atoms with E-state index >= 15 is 0 Å². The van der Waals surface area contributed by atoms with Gasteiger partial charge in [-0.3, -0.25) is 0 Å². The number of nitrogens with two attached hydrogens (primary N) is 2. The van der Waals surface area contributed by atoms with E-state index in [2.05, 4.69) is 11.6 Å². The van der Waals surface area contributed by atoms with Crippen molar-refractivity contribution in [3.63, 3.8) is 0 Å². The number of nitrogens with zero attached hydrogens (tertiary/aromatic N) is 1. The molecule has 1 rings (SSSR count). The topological polar surface area (TPSA) is 90.7 Å². The van der Waals surface area contributed by atoms with Crippen molar-refractivity contribution in [2.45, 2.75) is 6.04 Å². The Hall–Kier alpha value is -2.30. The first-order valence-corrected chi connectivity index (χ1v) is 4.61.